The van der Waals surface area contributed by atoms with Gasteiger partial charge in [-0.1, -0.05) is 26.0 Å². The molecule has 0 aliphatic rings. The molecule has 0 radical (unpaired) electrons. The van der Waals surface area contributed by atoms with Gasteiger partial charge in [0.2, 0.25) is 0 Å². The lowest BCUT2D eigenvalue weighted by Crippen LogP contribution is -2.23. The van der Waals surface area contributed by atoms with E-state index in [1.165, 1.54) is 16.5 Å². The zero-order valence-corrected chi connectivity index (χ0v) is 11.9. The SMILES string of the molecule is CNC(C)Cc1cccc2c1ccn2CC(C)C. The minimum Gasteiger partial charge on any atom is -0.347 e. The highest BCUT2D eigenvalue weighted by atomic mass is 15.0. The lowest BCUT2D eigenvalue weighted by atomic mass is 10.0. The molecule has 0 saturated carbocycles. The van der Waals surface area contributed by atoms with Crippen molar-refractivity contribution in [2.24, 2.45) is 5.92 Å². The van der Waals surface area contributed by atoms with E-state index in [-0.39, 0.29) is 0 Å². The van der Waals surface area contributed by atoms with Crippen molar-refractivity contribution in [2.75, 3.05) is 7.05 Å². The molecule has 1 aromatic carbocycles. The number of nitrogens with zero attached hydrogens (tertiary/aromatic N) is 1. The minimum absolute atomic E-state index is 0.518. The van der Waals surface area contributed by atoms with E-state index in [4.69, 9.17) is 0 Å². The summed E-state index contributed by atoms with van der Waals surface area (Å²) in [5.41, 5.74) is 2.81. The van der Waals surface area contributed by atoms with Crippen molar-refractivity contribution in [1.29, 1.82) is 0 Å². The normalized spacial score (nSPS) is 13.4. The second kappa shape index (κ2) is 5.57. The van der Waals surface area contributed by atoms with Gasteiger partial charge in [0.1, 0.15) is 0 Å². The van der Waals surface area contributed by atoms with E-state index in [9.17, 15) is 0 Å². The van der Waals surface area contributed by atoms with E-state index in [1.807, 2.05) is 7.05 Å². The molecule has 2 nitrogen and oxygen atoms in total. The fourth-order valence-corrected chi connectivity index (χ4v) is 2.45. The Kier molecular flexibility index (Phi) is 4.07. The molecule has 2 aromatic rings. The van der Waals surface area contributed by atoms with Gasteiger partial charge in [-0.2, -0.15) is 0 Å². The van der Waals surface area contributed by atoms with Gasteiger partial charge < -0.3 is 9.88 Å². The average molecular weight is 244 g/mol. The number of hydrogen-bond acceptors (Lipinski definition) is 1. The first-order valence-electron chi connectivity index (χ1n) is 6.85. The molecular weight excluding hydrogens is 220 g/mol. The number of likely N-dealkylation sites (N-methyl/N-ethyl adjacent to an activating group) is 1. The Morgan fingerprint density at radius 2 is 1.94 bits per heavy atom. The van der Waals surface area contributed by atoms with E-state index in [1.54, 1.807) is 0 Å². The molecule has 0 bridgehead atoms. The van der Waals surface area contributed by atoms with Gasteiger partial charge in [-0.3, -0.25) is 0 Å². The maximum absolute atomic E-state index is 3.31. The lowest BCUT2D eigenvalue weighted by molar-refractivity contribution is 0.535. The molecular formula is C16H24N2. The third kappa shape index (κ3) is 2.75. The van der Waals surface area contributed by atoms with Gasteiger partial charge >= 0.3 is 0 Å². The van der Waals surface area contributed by atoms with E-state index < -0.39 is 0 Å². The Bertz CT molecular complexity index is 511. The van der Waals surface area contributed by atoms with E-state index in [2.05, 4.69) is 61.1 Å². The van der Waals surface area contributed by atoms with Crippen LogP contribution in [0.5, 0.6) is 0 Å². The zero-order chi connectivity index (χ0) is 13.1. The predicted molar refractivity (Wildman–Crippen MR) is 79.0 cm³/mol. The summed E-state index contributed by atoms with van der Waals surface area (Å²) in [7, 11) is 2.02. The highest BCUT2D eigenvalue weighted by Gasteiger charge is 2.08. The molecule has 1 atom stereocenters. The summed E-state index contributed by atoms with van der Waals surface area (Å²) in [6.07, 6.45) is 3.30. The van der Waals surface area contributed by atoms with Crippen LogP contribution < -0.4 is 5.32 Å². The summed E-state index contributed by atoms with van der Waals surface area (Å²) in [6.45, 7) is 7.84. The zero-order valence-electron chi connectivity index (χ0n) is 11.9. The summed E-state index contributed by atoms with van der Waals surface area (Å²) in [5, 5.41) is 4.71. The highest BCUT2D eigenvalue weighted by Crippen LogP contribution is 2.22. The first-order chi connectivity index (χ1) is 8.61. The monoisotopic (exact) mass is 244 g/mol. The lowest BCUT2D eigenvalue weighted by Gasteiger charge is -2.12. The first-order valence-corrected chi connectivity index (χ1v) is 6.85. The summed E-state index contributed by atoms with van der Waals surface area (Å²) in [6, 6.07) is 9.43. The third-order valence-corrected chi connectivity index (χ3v) is 3.48. The van der Waals surface area contributed by atoms with Crippen molar-refractivity contribution < 1.29 is 0 Å². The molecule has 2 heteroatoms. The standard InChI is InChI=1S/C16H24N2/c1-12(2)11-18-9-8-15-14(10-13(3)17-4)6-5-7-16(15)18/h5-9,12-13,17H,10-11H2,1-4H3. The largest absolute Gasteiger partial charge is 0.347 e. The quantitative estimate of drug-likeness (QED) is 0.852. The Morgan fingerprint density at radius 3 is 2.61 bits per heavy atom. The third-order valence-electron chi connectivity index (χ3n) is 3.48. The van der Waals surface area contributed by atoms with Crippen LogP contribution in [0, 0.1) is 5.92 Å². The second-order valence-corrected chi connectivity index (χ2v) is 5.61. The van der Waals surface area contributed by atoms with Gasteiger partial charge in [0, 0.05) is 29.7 Å². The molecule has 1 heterocycles. The van der Waals surface area contributed by atoms with Crippen molar-refractivity contribution in [3.8, 4) is 0 Å². The number of nitrogens with one attached hydrogen (secondary N) is 1. The van der Waals surface area contributed by atoms with Crippen molar-refractivity contribution in [1.82, 2.24) is 9.88 Å². The Balaban J connectivity index is 2.36. The number of fused-ring (bicyclic) bond motifs is 1. The van der Waals surface area contributed by atoms with Gasteiger partial charge in [-0.05, 0) is 44.0 Å². The molecule has 98 valence electrons. The van der Waals surface area contributed by atoms with Crippen LogP contribution in [-0.2, 0) is 13.0 Å². The van der Waals surface area contributed by atoms with Crippen LogP contribution in [0.2, 0.25) is 0 Å². The van der Waals surface area contributed by atoms with Gasteiger partial charge in [0.25, 0.3) is 0 Å². The fraction of sp³-hybridized carbons (Fsp3) is 0.500. The summed E-state index contributed by atoms with van der Waals surface area (Å²) in [4.78, 5) is 0. The van der Waals surface area contributed by atoms with Crippen LogP contribution in [0.25, 0.3) is 10.9 Å². The molecule has 2 rings (SSSR count). The average Bonchev–Trinajstić information content (AvgIpc) is 2.73. The summed E-state index contributed by atoms with van der Waals surface area (Å²) in [5.74, 6) is 0.681. The molecule has 1 N–H and O–H groups in total. The Hall–Kier alpha value is -1.28. The van der Waals surface area contributed by atoms with E-state index >= 15 is 0 Å². The number of hydrogen-bond donors (Lipinski definition) is 1. The van der Waals surface area contributed by atoms with Gasteiger partial charge in [0.05, 0.1) is 0 Å². The van der Waals surface area contributed by atoms with Crippen LogP contribution in [0.1, 0.15) is 26.3 Å². The Morgan fingerprint density at radius 1 is 1.17 bits per heavy atom. The molecule has 0 aliphatic heterocycles. The topological polar surface area (TPSA) is 17.0 Å². The van der Waals surface area contributed by atoms with Crippen molar-refractivity contribution in [3.63, 3.8) is 0 Å². The maximum Gasteiger partial charge on any atom is 0.0483 e. The molecule has 18 heavy (non-hydrogen) atoms. The fourth-order valence-electron chi connectivity index (χ4n) is 2.45. The molecule has 0 saturated heterocycles. The number of aromatic nitrogens is 1. The van der Waals surface area contributed by atoms with Gasteiger partial charge in [-0.25, -0.2) is 0 Å². The van der Waals surface area contributed by atoms with E-state index in [0.717, 1.165) is 13.0 Å². The molecule has 0 amide bonds. The summed E-state index contributed by atoms with van der Waals surface area (Å²) >= 11 is 0. The van der Waals surface area contributed by atoms with E-state index in [0.29, 0.717) is 12.0 Å². The number of benzene rings is 1. The smallest absolute Gasteiger partial charge is 0.0483 e. The number of rotatable bonds is 5. The van der Waals surface area contributed by atoms with Crippen LogP contribution >= 0.6 is 0 Å². The second-order valence-electron chi connectivity index (χ2n) is 5.61. The van der Waals surface area contributed by atoms with Crippen LogP contribution in [0.15, 0.2) is 30.5 Å². The molecule has 0 aliphatic carbocycles. The predicted octanol–water partition coefficient (Wildman–Crippen LogP) is 3.45. The van der Waals surface area contributed by atoms with Gasteiger partial charge in [-0.15, -0.1) is 0 Å². The van der Waals surface area contributed by atoms with Gasteiger partial charge in [0.15, 0.2) is 0 Å². The highest BCUT2D eigenvalue weighted by molar-refractivity contribution is 5.83. The van der Waals surface area contributed by atoms with Crippen molar-refractivity contribution >= 4 is 10.9 Å². The van der Waals surface area contributed by atoms with Crippen LogP contribution in [0.4, 0.5) is 0 Å². The Labute approximate surface area is 110 Å². The molecule has 0 fully saturated rings. The summed E-state index contributed by atoms with van der Waals surface area (Å²) < 4.78 is 2.37. The maximum atomic E-state index is 3.31. The molecule has 1 aromatic heterocycles. The minimum atomic E-state index is 0.518. The van der Waals surface area contributed by atoms with Crippen LogP contribution in [0.3, 0.4) is 0 Å². The molecule has 1 unspecified atom stereocenters. The van der Waals surface area contributed by atoms with Crippen LogP contribution in [-0.4, -0.2) is 17.7 Å². The van der Waals surface area contributed by atoms with Crippen molar-refractivity contribution in [2.45, 2.75) is 39.8 Å². The first kappa shape index (κ1) is 13.2. The molecule has 0 spiro atoms. The van der Waals surface area contributed by atoms with Crippen molar-refractivity contribution in [3.05, 3.63) is 36.0 Å².